The SMILES string of the molecule is CCSCC(C)N1CC(CC)NCC1C. The Bertz CT molecular complexity index is 175. The van der Waals surface area contributed by atoms with E-state index in [0.717, 1.165) is 12.6 Å². The summed E-state index contributed by atoms with van der Waals surface area (Å²) in [6.45, 7) is 11.6. The highest BCUT2D eigenvalue weighted by Gasteiger charge is 2.27. The van der Waals surface area contributed by atoms with E-state index in [9.17, 15) is 0 Å². The molecule has 0 spiro atoms. The average Bonchev–Trinajstić information content (AvgIpc) is 2.26. The molecule has 3 heteroatoms. The Balaban J connectivity index is 2.42. The molecule has 1 N–H and O–H groups in total. The van der Waals surface area contributed by atoms with Gasteiger partial charge in [-0.05, 0) is 26.0 Å². The quantitative estimate of drug-likeness (QED) is 0.779. The molecule has 1 fully saturated rings. The number of piperazine rings is 1. The van der Waals surface area contributed by atoms with Crippen molar-refractivity contribution < 1.29 is 0 Å². The average molecular weight is 230 g/mol. The molecule has 15 heavy (non-hydrogen) atoms. The lowest BCUT2D eigenvalue weighted by atomic mass is 10.1. The van der Waals surface area contributed by atoms with Gasteiger partial charge in [0.2, 0.25) is 0 Å². The van der Waals surface area contributed by atoms with Gasteiger partial charge in [0, 0.05) is 37.0 Å². The molecule has 0 aromatic heterocycles. The van der Waals surface area contributed by atoms with Crippen LogP contribution in [-0.4, -0.2) is 47.6 Å². The van der Waals surface area contributed by atoms with Crippen LogP contribution < -0.4 is 5.32 Å². The Morgan fingerprint density at radius 3 is 2.80 bits per heavy atom. The highest BCUT2D eigenvalue weighted by atomic mass is 32.2. The van der Waals surface area contributed by atoms with Gasteiger partial charge in [0.1, 0.15) is 0 Å². The summed E-state index contributed by atoms with van der Waals surface area (Å²) in [6, 6.07) is 2.12. The minimum atomic E-state index is 0.695. The summed E-state index contributed by atoms with van der Waals surface area (Å²) >= 11 is 2.06. The molecule has 0 amide bonds. The summed E-state index contributed by atoms with van der Waals surface area (Å²) in [5.41, 5.74) is 0. The molecule has 90 valence electrons. The van der Waals surface area contributed by atoms with Crippen molar-refractivity contribution in [3.05, 3.63) is 0 Å². The van der Waals surface area contributed by atoms with Gasteiger partial charge in [0.05, 0.1) is 0 Å². The zero-order chi connectivity index (χ0) is 11.3. The molecule has 1 rings (SSSR count). The van der Waals surface area contributed by atoms with E-state index < -0.39 is 0 Å². The summed E-state index contributed by atoms with van der Waals surface area (Å²) in [6.07, 6.45) is 1.25. The number of rotatable bonds is 5. The molecule has 1 saturated heterocycles. The van der Waals surface area contributed by atoms with Gasteiger partial charge >= 0.3 is 0 Å². The topological polar surface area (TPSA) is 15.3 Å². The van der Waals surface area contributed by atoms with Crippen LogP contribution in [0.5, 0.6) is 0 Å². The van der Waals surface area contributed by atoms with Gasteiger partial charge in [-0.3, -0.25) is 4.90 Å². The third-order valence-electron chi connectivity index (χ3n) is 3.32. The van der Waals surface area contributed by atoms with Crippen molar-refractivity contribution in [2.45, 2.75) is 52.2 Å². The molecule has 1 heterocycles. The third-order valence-corrected chi connectivity index (χ3v) is 4.45. The Morgan fingerprint density at radius 1 is 1.47 bits per heavy atom. The van der Waals surface area contributed by atoms with E-state index >= 15 is 0 Å². The van der Waals surface area contributed by atoms with Gasteiger partial charge in [-0.15, -0.1) is 0 Å². The number of hydrogen-bond acceptors (Lipinski definition) is 3. The van der Waals surface area contributed by atoms with Crippen molar-refractivity contribution in [2.24, 2.45) is 0 Å². The van der Waals surface area contributed by atoms with Crippen molar-refractivity contribution in [1.29, 1.82) is 0 Å². The van der Waals surface area contributed by atoms with Crippen LogP contribution in [-0.2, 0) is 0 Å². The lowest BCUT2D eigenvalue weighted by molar-refractivity contribution is 0.108. The first kappa shape index (κ1) is 13.3. The molecule has 2 nitrogen and oxygen atoms in total. The van der Waals surface area contributed by atoms with Crippen molar-refractivity contribution in [3.63, 3.8) is 0 Å². The maximum absolute atomic E-state index is 3.61. The Hall–Kier alpha value is 0.270. The molecule has 3 atom stereocenters. The van der Waals surface area contributed by atoms with E-state index in [1.165, 1.54) is 24.5 Å². The molecule has 0 saturated carbocycles. The summed E-state index contributed by atoms with van der Waals surface area (Å²) < 4.78 is 0. The molecule has 0 aromatic rings. The molecule has 1 aliphatic rings. The normalized spacial score (nSPS) is 30.4. The highest BCUT2D eigenvalue weighted by Crippen LogP contribution is 2.15. The Morgan fingerprint density at radius 2 is 2.20 bits per heavy atom. The van der Waals surface area contributed by atoms with Crippen LogP contribution in [0.15, 0.2) is 0 Å². The monoisotopic (exact) mass is 230 g/mol. The maximum Gasteiger partial charge on any atom is 0.0196 e. The predicted octanol–water partition coefficient (Wildman–Crippen LogP) is 2.20. The van der Waals surface area contributed by atoms with E-state index in [4.69, 9.17) is 0 Å². The zero-order valence-electron chi connectivity index (χ0n) is 10.6. The zero-order valence-corrected chi connectivity index (χ0v) is 11.4. The van der Waals surface area contributed by atoms with Gasteiger partial charge in [-0.1, -0.05) is 13.8 Å². The fourth-order valence-electron chi connectivity index (χ4n) is 2.23. The molecule has 0 bridgehead atoms. The van der Waals surface area contributed by atoms with E-state index in [1.54, 1.807) is 0 Å². The van der Waals surface area contributed by atoms with Crippen LogP contribution in [0.3, 0.4) is 0 Å². The number of thioether (sulfide) groups is 1. The van der Waals surface area contributed by atoms with Crippen LogP contribution in [0, 0.1) is 0 Å². The second-order valence-electron chi connectivity index (χ2n) is 4.57. The van der Waals surface area contributed by atoms with Gasteiger partial charge in [-0.2, -0.15) is 11.8 Å². The number of hydrogen-bond donors (Lipinski definition) is 1. The number of nitrogens with one attached hydrogen (secondary N) is 1. The van der Waals surface area contributed by atoms with Crippen molar-refractivity contribution >= 4 is 11.8 Å². The molecule has 0 aromatic carbocycles. The van der Waals surface area contributed by atoms with E-state index in [0.29, 0.717) is 12.1 Å². The van der Waals surface area contributed by atoms with Gasteiger partial charge in [0.15, 0.2) is 0 Å². The summed E-state index contributed by atoms with van der Waals surface area (Å²) in [5, 5.41) is 3.61. The molecular weight excluding hydrogens is 204 g/mol. The minimum Gasteiger partial charge on any atom is -0.311 e. The fourth-order valence-corrected chi connectivity index (χ4v) is 2.99. The van der Waals surface area contributed by atoms with Crippen LogP contribution in [0.4, 0.5) is 0 Å². The number of nitrogens with zero attached hydrogens (tertiary/aromatic N) is 1. The van der Waals surface area contributed by atoms with E-state index in [-0.39, 0.29) is 0 Å². The van der Waals surface area contributed by atoms with Crippen molar-refractivity contribution in [3.8, 4) is 0 Å². The second kappa shape index (κ2) is 6.77. The third kappa shape index (κ3) is 3.97. The van der Waals surface area contributed by atoms with Gasteiger partial charge in [0.25, 0.3) is 0 Å². The fraction of sp³-hybridized carbons (Fsp3) is 1.00. The van der Waals surface area contributed by atoms with Gasteiger partial charge < -0.3 is 5.32 Å². The maximum atomic E-state index is 3.61. The van der Waals surface area contributed by atoms with Crippen LogP contribution in [0.2, 0.25) is 0 Å². The smallest absolute Gasteiger partial charge is 0.0196 e. The van der Waals surface area contributed by atoms with Crippen LogP contribution in [0.25, 0.3) is 0 Å². The summed E-state index contributed by atoms with van der Waals surface area (Å²) in [5.74, 6) is 2.51. The largest absolute Gasteiger partial charge is 0.311 e. The summed E-state index contributed by atoms with van der Waals surface area (Å²) in [4.78, 5) is 2.67. The first-order chi connectivity index (χ1) is 7.19. The molecule has 0 radical (unpaired) electrons. The lowest BCUT2D eigenvalue weighted by Gasteiger charge is -2.42. The van der Waals surface area contributed by atoms with Gasteiger partial charge in [-0.25, -0.2) is 0 Å². The molecular formula is C12H26N2S. The minimum absolute atomic E-state index is 0.695. The first-order valence-electron chi connectivity index (χ1n) is 6.25. The predicted molar refractivity (Wildman–Crippen MR) is 70.7 cm³/mol. The standard InChI is InChI=1S/C12H26N2S/c1-5-12-8-14(10(3)7-13-12)11(4)9-15-6-2/h10-13H,5-9H2,1-4H3. The lowest BCUT2D eigenvalue weighted by Crippen LogP contribution is -2.58. The Kier molecular flexibility index (Phi) is 6.02. The van der Waals surface area contributed by atoms with Crippen molar-refractivity contribution in [1.82, 2.24) is 10.2 Å². The highest BCUT2D eigenvalue weighted by molar-refractivity contribution is 7.99. The first-order valence-corrected chi connectivity index (χ1v) is 7.41. The Labute approximate surface area is 99.2 Å². The summed E-state index contributed by atoms with van der Waals surface area (Å²) in [7, 11) is 0. The molecule has 3 unspecified atom stereocenters. The van der Waals surface area contributed by atoms with Crippen LogP contribution in [0.1, 0.15) is 34.1 Å². The molecule has 0 aliphatic carbocycles. The second-order valence-corrected chi connectivity index (χ2v) is 5.89. The molecule has 1 aliphatic heterocycles. The van der Waals surface area contributed by atoms with Crippen molar-refractivity contribution in [2.75, 3.05) is 24.6 Å². The van der Waals surface area contributed by atoms with E-state index in [1.807, 2.05) is 0 Å². The van der Waals surface area contributed by atoms with Crippen LogP contribution >= 0.6 is 11.8 Å². The van der Waals surface area contributed by atoms with E-state index in [2.05, 4.69) is 49.7 Å².